The van der Waals surface area contributed by atoms with Crippen molar-refractivity contribution in [1.82, 2.24) is 0 Å². The van der Waals surface area contributed by atoms with Gasteiger partial charge in [-0.3, -0.25) is 0 Å². The number of methoxy groups -OCH3 is 1. The van der Waals surface area contributed by atoms with Gasteiger partial charge in [-0.15, -0.1) is 0 Å². The first-order valence-corrected chi connectivity index (χ1v) is 6.67. The Morgan fingerprint density at radius 2 is 1.68 bits per heavy atom. The van der Waals surface area contributed by atoms with Gasteiger partial charge < -0.3 is 28.4 Å². The summed E-state index contributed by atoms with van der Waals surface area (Å²) in [7, 11) is 1.65. The van der Waals surface area contributed by atoms with Gasteiger partial charge in [-0.25, -0.2) is 0 Å². The van der Waals surface area contributed by atoms with Crippen molar-refractivity contribution in [2.24, 2.45) is 0 Å². The van der Waals surface area contributed by atoms with Gasteiger partial charge in [0, 0.05) is 7.11 Å². The van der Waals surface area contributed by atoms with Gasteiger partial charge in [-0.05, 0) is 27.7 Å². The lowest BCUT2D eigenvalue weighted by Gasteiger charge is -2.28. The summed E-state index contributed by atoms with van der Waals surface area (Å²) in [4.78, 5) is 0. The predicted octanol–water partition coefficient (Wildman–Crippen LogP) is 1.03. The fourth-order valence-electron chi connectivity index (χ4n) is 2.95. The monoisotopic (exact) mass is 274 g/mol. The SMILES string of the molecule is CO[C@@H]1[C@H]2OC(C)(C)O[C@@H]2O[C@@H]1[C@H]1COC(C)(C)O1. The molecular formula is C13H22O6. The molecule has 0 aromatic heterocycles. The van der Waals surface area contributed by atoms with E-state index in [-0.39, 0.29) is 24.4 Å². The standard InChI is InChI=1S/C13H22O6/c1-12(2)15-6-7(17-12)8-9(14-5)10-11(16-8)19-13(3,4)18-10/h7-11H,6H2,1-5H3/t7-,8-,9+,10-,11+/m1/s1. The third-order valence-corrected chi connectivity index (χ3v) is 3.70. The van der Waals surface area contributed by atoms with E-state index in [1.165, 1.54) is 0 Å². The minimum Gasteiger partial charge on any atom is -0.376 e. The molecule has 0 spiro atoms. The molecule has 6 nitrogen and oxygen atoms in total. The van der Waals surface area contributed by atoms with Crippen molar-refractivity contribution in [3.05, 3.63) is 0 Å². The summed E-state index contributed by atoms with van der Waals surface area (Å²) in [6.45, 7) is 8.01. The molecule has 3 heterocycles. The summed E-state index contributed by atoms with van der Waals surface area (Å²) in [6.07, 6.45) is -1.25. The lowest BCUT2D eigenvalue weighted by Crippen LogP contribution is -2.43. The van der Waals surface area contributed by atoms with Crippen molar-refractivity contribution in [1.29, 1.82) is 0 Å². The van der Waals surface area contributed by atoms with Gasteiger partial charge in [0.05, 0.1) is 6.61 Å². The van der Waals surface area contributed by atoms with E-state index in [0.717, 1.165) is 0 Å². The van der Waals surface area contributed by atoms with Crippen LogP contribution in [0.5, 0.6) is 0 Å². The Kier molecular flexibility index (Phi) is 3.16. The van der Waals surface area contributed by atoms with E-state index in [0.29, 0.717) is 6.61 Å². The van der Waals surface area contributed by atoms with E-state index in [4.69, 9.17) is 28.4 Å². The largest absolute Gasteiger partial charge is 0.376 e. The molecule has 0 amide bonds. The molecule has 3 saturated heterocycles. The Morgan fingerprint density at radius 3 is 2.26 bits per heavy atom. The van der Waals surface area contributed by atoms with Crippen LogP contribution in [-0.4, -0.2) is 56.0 Å². The molecule has 0 N–H and O–H groups in total. The summed E-state index contributed by atoms with van der Waals surface area (Å²) < 4.78 is 34.5. The average Bonchev–Trinajstić information content (AvgIpc) is 2.87. The summed E-state index contributed by atoms with van der Waals surface area (Å²) in [5.41, 5.74) is 0. The molecule has 0 unspecified atom stereocenters. The number of fused-ring (bicyclic) bond motifs is 1. The second-order valence-corrected chi connectivity index (χ2v) is 6.14. The van der Waals surface area contributed by atoms with Crippen molar-refractivity contribution in [2.75, 3.05) is 13.7 Å². The maximum atomic E-state index is 5.92. The van der Waals surface area contributed by atoms with Gasteiger partial charge in [0.25, 0.3) is 0 Å². The third-order valence-electron chi connectivity index (χ3n) is 3.70. The first kappa shape index (κ1) is 13.7. The van der Waals surface area contributed by atoms with E-state index in [1.807, 2.05) is 27.7 Å². The van der Waals surface area contributed by atoms with E-state index in [9.17, 15) is 0 Å². The van der Waals surface area contributed by atoms with Gasteiger partial charge in [0.2, 0.25) is 0 Å². The molecule has 3 fully saturated rings. The maximum absolute atomic E-state index is 5.92. The molecule has 0 aliphatic carbocycles. The number of hydrogen-bond acceptors (Lipinski definition) is 6. The lowest BCUT2D eigenvalue weighted by molar-refractivity contribution is -0.234. The molecular weight excluding hydrogens is 252 g/mol. The molecule has 3 aliphatic heterocycles. The smallest absolute Gasteiger partial charge is 0.190 e. The van der Waals surface area contributed by atoms with Crippen molar-refractivity contribution < 1.29 is 28.4 Å². The second-order valence-electron chi connectivity index (χ2n) is 6.14. The number of ether oxygens (including phenoxy) is 6. The van der Waals surface area contributed by atoms with Gasteiger partial charge >= 0.3 is 0 Å². The molecule has 0 aromatic carbocycles. The van der Waals surface area contributed by atoms with E-state index in [2.05, 4.69) is 0 Å². The van der Waals surface area contributed by atoms with Crippen LogP contribution in [-0.2, 0) is 28.4 Å². The Hall–Kier alpha value is -0.240. The number of rotatable bonds is 2. The highest BCUT2D eigenvalue weighted by Gasteiger charge is 2.58. The van der Waals surface area contributed by atoms with Crippen LogP contribution < -0.4 is 0 Å². The molecule has 6 heteroatoms. The Bertz CT molecular complexity index is 355. The fourth-order valence-corrected chi connectivity index (χ4v) is 2.95. The molecule has 110 valence electrons. The Labute approximate surface area is 113 Å². The van der Waals surface area contributed by atoms with Crippen LogP contribution in [0.15, 0.2) is 0 Å². The van der Waals surface area contributed by atoms with Crippen molar-refractivity contribution in [3.8, 4) is 0 Å². The molecule has 0 radical (unpaired) electrons. The highest BCUT2D eigenvalue weighted by atomic mass is 16.8. The molecule has 19 heavy (non-hydrogen) atoms. The van der Waals surface area contributed by atoms with Crippen LogP contribution in [0.2, 0.25) is 0 Å². The summed E-state index contributed by atoms with van der Waals surface area (Å²) in [5.74, 6) is -1.21. The zero-order valence-corrected chi connectivity index (χ0v) is 12.0. The molecule has 0 aromatic rings. The normalized spacial score (nSPS) is 47.5. The van der Waals surface area contributed by atoms with Gasteiger partial charge in [-0.2, -0.15) is 0 Å². The first-order chi connectivity index (χ1) is 8.81. The molecule has 5 atom stereocenters. The van der Waals surface area contributed by atoms with Crippen molar-refractivity contribution in [3.63, 3.8) is 0 Å². The third kappa shape index (κ3) is 2.41. The molecule has 0 bridgehead atoms. The summed E-state index contributed by atoms with van der Waals surface area (Å²) >= 11 is 0. The van der Waals surface area contributed by atoms with Gasteiger partial charge in [-0.1, -0.05) is 0 Å². The van der Waals surface area contributed by atoms with E-state index >= 15 is 0 Å². The van der Waals surface area contributed by atoms with Gasteiger partial charge in [0.15, 0.2) is 17.9 Å². The maximum Gasteiger partial charge on any atom is 0.190 e. The fraction of sp³-hybridized carbons (Fsp3) is 1.00. The van der Waals surface area contributed by atoms with Gasteiger partial charge in [0.1, 0.15) is 24.4 Å². The van der Waals surface area contributed by atoms with Crippen LogP contribution in [0, 0.1) is 0 Å². The van der Waals surface area contributed by atoms with Crippen LogP contribution in [0.3, 0.4) is 0 Å². The first-order valence-electron chi connectivity index (χ1n) is 6.67. The lowest BCUT2D eigenvalue weighted by atomic mass is 10.1. The van der Waals surface area contributed by atoms with Crippen LogP contribution in [0.4, 0.5) is 0 Å². The highest BCUT2D eigenvalue weighted by molar-refractivity contribution is 4.98. The van der Waals surface area contributed by atoms with E-state index < -0.39 is 17.9 Å². The summed E-state index contributed by atoms with van der Waals surface area (Å²) in [6, 6.07) is 0. The topological polar surface area (TPSA) is 55.4 Å². The van der Waals surface area contributed by atoms with Crippen LogP contribution >= 0.6 is 0 Å². The summed E-state index contributed by atoms with van der Waals surface area (Å²) in [5, 5.41) is 0. The number of hydrogen-bond donors (Lipinski definition) is 0. The molecule has 0 saturated carbocycles. The molecule has 3 aliphatic rings. The predicted molar refractivity (Wildman–Crippen MR) is 64.4 cm³/mol. The Morgan fingerprint density at radius 1 is 0.947 bits per heavy atom. The minimum atomic E-state index is -0.636. The molecule has 3 rings (SSSR count). The minimum absolute atomic E-state index is 0.166. The zero-order valence-electron chi connectivity index (χ0n) is 12.0. The highest BCUT2D eigenvalue weighted by Crippen LogP contribution is 2.41. The van der Waals surface area contributed by atoms with E-state index in [1.54, 1.807) is 7.11 Å². The Balaban J connectivity index is 1.72. The van der Waals surface area contributed by atoms with Crippen molar-refractivity contribution >= 4 is 0 Å². The van der Waals surface area contributed by atoms with Crippen LogP contribution in [0.1, 0.15) is 27.7 Å². The second kappa shape index (κ2) is 4.38. The van der Waals surface area contributed by atoms with Crippen molar-refractivity contribution in [2.45, 2.75) is 70.0 Å². The average molecular weight is 274 g/mol. The quantitative estimate of drug-likeness (QED) is 0.749. The zero-order chi connectivity index (χ0) is 13.8. The van der Waals surface area contributed by atoms with Crippen LogP contribution in [0.25, 0.3) is 0 Å².